The largest absolute Gasteiger partial charge is 0.334 e. The number of hydrogen-bond donors (Lipinski definition) is 2. The number of urea groups is 1. The van der Waals surface area contributed by atoms with Gasteiger partial charge in [-0.15, -0.1) is 0 Å². The predicted molar refractivity (Wildman–Crippen MR) is 142 cm³/mol. The zero-order chi connectivity index (χ0) is 25.3. The molecule has 2 amide bonds. The highest BCUT2D eigenvalue weighted by Gasteiger charge is 2.46. The minimum absolute atomic E-state index is 0.0184. The molecule has 5 nitrogen and oxygen atoms in total. The number of halogens is 1. The zero-order valence-electron chi connectivity index (χ0n) is 20.3. The van der Waals surface area contributed by atoms with Gasteiger partial charge in [-0.3, -0.25) is 10.0 Å². The molecule has 0 bridgehead atoms. The Balaban J connectivity index is 1.47. The van der Waals surface area contributed by atoms with Gasteiger partial charge in [-0.05, 0) is 89.9 Å². The predicted octanol–water partition coefficient (Wildman–Crippen LogP) is 6.37. The number of anilines is 1. The summed E-state index contributed by atoms with van der Waals surface area (Å²) in [4.78, 5) is 16.2. The minimum atomic E-state index is -0.354. The molecular formula is C29H29FN4OS. The average Bonchev–Trinajstić information content (AvgIpc) is 3.50. The van der Waals surface area contributed by atoms with Gasteiger partial charge in [0.05, 0.1) is 12.5 Å². The van der Waals surface area contributed by atoms with Crippen LogP contribution in [-0.2, 0) is 18.4 Å². The maximum absolute atomic E-state index is 14.7. The second kappa shape index (κ2) is 9.96. The summed E-state index contributed by atoms with van der Waals surface area (Å²) in [6, 6.07) is 19.1. The van der Waals surface area contributed by atoms with Crippen molar-refractivity contribution in [3.63, 3.8) is 0 Å². The Kier molecular flexibility index (Phi) is 6.74. The summed E-state index contributed by atoms with van der Waals surface area (Å²) >= 11 is 1.20. The quantitative estimate of drug-likeness (QED) is 0.399. The Morgan fingerprint density at radius 2 is 1.92 bits per heavy atom. The van der Waals surface area contributed by atoms with Gasteiger partial charge in [0.25, 0.3) is 0 Å². The fraction of sp³-hybridized carbons (Fsp3) is 0.310. The molecule has 7 heteroatoms. The molecule has 0 unspecified atom stereocenters. The molecule has 1 aliphatic heterocycles. The summed E-state index contributed by atoms with van der Waals surface area (Å²) in [6.07, 6.45) is 4.33. The molecule has 2 aliphatic rings. The number of aryl methyl sites for hydroxylation is 1. The Morgan fingerprint density at radius 1 is 1.17 bits per heavy atom. The van der Waals surface area contributed by atoms with Gasteiger partial charge in [-0.25, -0.2) is 9.18 Å². The number of nitrogens with two attached hydrogens (primary N) is 1. The highest BCUT2D eigenvalue weighted by molar-refractivity contribution is 7.97. The number of rotatable bonds is 5. The molecule has 1 aliphatic carbocycles. The molecule has 1 spiro atoms. The van der Waals surface area contributed by atoms with Gasteiger partial charge >= 0.3 is 6.03 Å². The lowest BCUT2D eigenvalue weighted by atomic mass is 9.79. The van der Waals surface area contributed by atoms with Crippen LogP contribution in [0.5, 0.6) is 0 Å². The van der Waals surface area contributed by atoms with Crippen molar-refractivity contribution in [1.29, 1.82) is 5.26 Å². The number of fused-ring (bicyclic) bond motifs is 2. The highest BCUT2D eigenvalue weighted by Crippen LogP contribution is 2.51. The molecule has 1 heterocycles. The van der Waals surface area contributed by atoms with Crippen LogP contribution in [0.4, 0.5) is 14.9 Å². The van der Waals surface area contributed by atoms with Gasteiger partial charge < -0.3 is 5.32 Å². The second-order valence-corrected chi connectivity index (χ2v) is 10.5. The highest BCUT2D eigenvalue weighted by atomic mass is 32.2. The van der Waals surface area contributed by atoms with Crippen molar-refractivity contribution in [2.75, 3.05) is 11.4 Å². The van der Waals surface area contributed by atoms with Crippen LogP contribution in [-0.4, -0.2) is 12.6 Å². The topological polar surface area (TPSA) is 82.2 Å². The van der Waals surface area contributed by atoms with E-state index in [1.165, 1.54) is 18.0 Å². The molecule has 36 heavy (non-hydrogen) atoms. The van der Waals surface area contributed by atoms with Gasteiger partial charge in [0.1, 0.15) is 5.82 Å². The number of nitrogens with zero attached hydrogens (tertiary/aromatic N) is 2. The molecule has 184 valence electrons. The van der Waals surface area contributed by atoms with Crippen LogP contribution in [0.15, 0.2) is 59.5 Å². The van der Waals surface area contributed by atoms with Crippen LogP contribution in [0.3, 0.4) is 0 Å². The minimum Gasteiger partial charge on any atom is -0.334 e. The third kappa shape index (κ3) is 4.36. The summed E-state index contributed by atoms with van der Waals surface area (Å²) < 4.78 is 14.7. The number of carbonyl (C=O) groups is 1. The number of nitrogens with one attached hydrogen (secondary N) is 1. The number of nitriles is 1. The smallest absolute Gasteiger partial charge is 0.322 e. The average molecular weight is 501 g/mol. The van der Waals surface area contributed by atoms with Gasteiger partial charge in [0, 0.05) is 34.7 Å². The molecule has 0 aromatic heterocycles. The molecular weight excluding hydrogens is 471 g/mol. The summed E-state index contributed by atoms with van der Waals surface area (Å²) in [5, 5.41) is 18.0. The lowest BCUT2D eigenvalue weighted by molar-refractivity contribution is 0.245. The third-order valence-corrected chi connectivity index (χ3v) is 8.18. The van der Waals surface area contributed by atoms with E-state index < -0.39 is 0 Å². The van der Waals surface area contributed by atoms with Gasteiger partial charge in [0.15, 0.2) is 0 Å². The molecule has 3 N–H and O–H groups in total. The number of benzene rings is 3. The first kappa shape index (κ1) is 24.4. The van der Waals surface area contributed by atoms with E-state index >= 15 is 0 Å². The van der Waals surface area contributed by atoms with Crippen molar-refractivity contribution in [2.24, 2.45) is 5.14 Å². The molecule has 5 rings (SSSR count). The van der Waals surface area contributed by atoms with Crippen LogP contribution in [0.25, 0.3) is 11.1 Å². The van der Waals surface area contributed by atoms with Crippen LogP contribution in [0.2, 0.25) is 0 Å². The molecule has 1 fully saturated rings. The normalized spacial score (nSPS) is 15.7. The first-order valence-electron chi connectivity index (χ1n) is 12.3. The Bertz CT molecular complexity index is 1340. The molecule has 0 saturated heterocycles. The third-order valence-electron chi connectivity index (χ3n) is 7.64. The van der Waals surface area contributed by atoms with E-state index in [0.29, 0.717) is 18.7 Å². The summed E-state index contributed by atoms with van der Waals surface area (Å²) in [5.74, 6) is -0.354. The van der Waals surface area contributed by atoms with Crippen molar-refractivity contribution >= 4 is 23.7 Å². The van der Waals surface area contributed by atoms with E-state index in [0.717, 1.165) is 64.1 Å². The van der Waals surface area contributed by atoms with E-state index in [1.54, 1.807) is 6.07 Å². The molecule has 0 atom stereocenters. The molecule has 3 aromatic carbocycles. The van der Waals surface area contributed by atoms with Gasteiger partial charge in [0.2, 0.25) is 0 Å². The standard InChI is InChI=1S/C29H29FN4OS/c1-19-4-10-25(30)23(12-15-31)27(19)21-7-11-26-24(16-21)29(13-2-3-14-29)18-34(26)28(35)33-17-20-5-8-22(36-32)9-6-20/h4-11,16H,2-3,12-14,17-18,32H2,1H3,(H,33,35). The van der Waals surface area contributed by atoms with E-state index in [9.17, 15) is 14.4 Å². The maximum atomic E-state index is 14.7. The van der Waals surface area contributed by atoms with Crippen LogP contribution in [0, 0.1) is 24.1 Å². The summed E-state index contributed by atoms with van der Waals surface area (Å²) in [6.45, 7) is 3.03. The number of carbonyl (C=O) groups excluding carboxylic acids is 1. The number of hydrogen-bond acceptors (Lipinski definition) is 4. The monoisotopic (exact) mass is 500 g/mol. The molecule has 1 saturated carbocycles. The van der Waals surface area contributed by atoms with E-state index in [1.807, 2.05) is 48.2 Å². The van der Waals surface area contributed by atoms with Crippen molar-refractivity contribution in [2.45, 2.75) is 55.9 Å². The Morgan fingerprint density at radius 3 is 2.61 bits per heavy atom. The SMILES string of the molecule is Cc1ccc(F)c(CC#N)c1-c1ccc2c(c1)C1(CCCC1)CN2C(=O)NCc1ccc(SN)cc1. The molecule has 0 radical (unpaired) electrons. The fourth-order valence-electron chi connectivity index (χ4n) is 5.84. The Hall–Kier alpha value is -3.34. The maximum Gasteiger partial charge on any atom is 0.322 e. The van der Waals surface area contributed by atoms with Crippen LogP contribution < -0.4 is 15.4 Å². The van der Waals surface area contributed by atoms with Crippen LogP contribution >= 0.6 is 11.9 Å². The fourth-order valence-corrected chi connectivity index (χ4v) is 6.13. The van der Waals surface area contributed by atoms with Crippen molar-refractivity contribution < 1.29 is 9.18 Å². The summed E-state index contributed by atoms with van der Waals surface area (Å²) in [7, 11) is 0. The first-order valence-corrected chi connectivity index (χ1v) is 13.1. The Labute approximate surface area is 215 Å². The lowest BCUT2D eigenvalue weighted by Gasteiger charge is -2.25. The van der Waals surface area contributed by atoms with Gasteiger partial charge in [-0.2, -0.15) is 5.26 Å². The van der Waals surface area contributed by atoms with Gasteiger partial charge in [-0.1, -0.05) is 37.1 Å². The number of amides is 2. The van der Waals surface area contributed by atoms with E-state index in [-0.39, 0.29) is 23.7 Å². The lowest BCUT2D eigenvalue weighted by Crippen LogP contribution is -2.41. The van der Waals surface area contributed by atoms with Crippen LogP contribution in [0.1, 0.15) is 47.9 Å². The van der Waals surface area contributed by atoms with E-state index in [2.05, 4.69) is 17.5 Å². The van der Waals surface area contributed by atoms with Crippen molar-refractivity contribution in [3.05, 3.63) is 82.7 Å². The molecule has 3 aromatic rings. The zero-order valence-corrected chi connectivity index (χ0v) is 21.1. The second-order valence-electron chi connectivity index (χ2n) is 9.78. The van der Waals surface area contributed by atoms with E-state index in [4.69, 9.17) is 5.14 Å². The van der Waals surface area contributed by atoms with Crippen molar-refractivity contribution in [1.82, 2.24) is 5.32 Å². The van der Waals surface area contributed by atoms with Crippen molar-refractivity contribution in [3.8, 4) is 17.2 Å². The first-order chi connectivity index (χ1) is 17.5. The summed E-state index contributed by atoms with van der Waals surface area (Å²) in [5.41, 5.74) is 6.07.